The van der Waals surface area contributed by atoms with Gasteiger partial charge in [-0.05, 0) is 18.9 Å². The number of rotatable bonds is 6. The second kappa shape index (κ2) is 6.54. The average molecular weight is 362 g/mol. The molecule has 0 amide bonds. The van der Waals surface area contributed by atoms with Gasteiger partial charge in [-0.2, -0.15) is 4.31 Å². The van der Waals surface area contributed by atoms with Crippen molar-refractivity contribution >= 4 is 25.5 Å². The average Bonchev–Trinajstić information content (AvgIpc) is 2.84. The smallest absolute Gasteiger partial charge is 0.258 e. The van der Waals surface area contributed by atoms with E-state index in [9.17, 15) is 26.9 Å². The molecule has 0 saturated carbocycles. The molecule has 0 radical (unpaired) electrons. The predicted octanol–water partition coefficient (Wildman–Crippen LogP) is 1.18. The zero-order valence-corrected chi connectivity index (χ0v) is 14.2. The molecular formula is C13H18N2O6S2. The van der Waals surface area contributed by atoms with E-state index >= 15 is 0 Å². The number of nitrogens with zero attached hydrogens (tertiary/aromatic N) is 2. The third kappa shape index (κ3) is 3.70. The maximum Gasteiger partial charge on any atom is 0.289 e. The van der Waals surface area contributed by atoms with Crippen LogP contribution in [0, 0.1) is 10.1 Å². The lowest BCUT2D eigenvalue weighted by atomic mass is 10.2. The molecule has 1 aromatic carbocycles. The highest BCUT2D eigenvalue weighted by molar-refractivity contribution is 7.92. The Balaban J connectivity index is 2.48. The summed E-state index contributed by atoms with van der Waals surface area (Å²) in [5, 5.41) is 11.1. The van der Waals surface area contributed by atoms with Crippen LogP contribution in [0.25, 0.3) is 0 Å². The van der Waals surface area contributed by atoms with Crippen LogP contribution >= 0.6 is 0 Å². The number of para-hydroxylation sites is 1. The standard InChI is InChI=1S/C13H18N2O6S2/c1-2-8-14(11-7-9-22(18,19)10-11)23(20,21)13-6-4-3-5-12(13)15(16)17/h3-6,11H,2,7-10H2,1H3. The van der Waals surface area contributed by atoms with E-state index in [4.69, 9.17) is 0 Å². The molecule has 0 aromatic heterocycles. The molecule has 128 valence electrons. The molecule has 0 bridgehead atoms. The molecule has 1 aliphatic rings. The summed E-state index contributed by atoms with van der Waals surface area (Å²) in [5.41, 5.74) is -0.505. The lowest BCUT2D eigenvalue weighted by Gasteiger charge is -2.26. The first-order chi connectivity index (χ1) is 10.7. The van der Waals surface area contributed by atoms with Crippen molar-refractivity contribution in [2.45, 2.75) is 30.7 Å². The van der Waals surface area contributed by atoms with E-state index in [1.165, 1.54) is 18.2 Å². The van der Waals surface area contributed by atoms with Gasteiger partial charge in [0.25, 0.3) is 5.69 Å². The van der Waals surface area contributed by atoms with E-state index < -0.39 is 41.4 Å². The third-order valence-electron chi connectivity index (χ3n) is 3.71. The Morgan fingerprint density at radius 1 is 1.35 bits per heavy atom. The van der Waals surface area contributed by atoms with Crippen LogP contribution in [0.1, 0.15) is 19.8 Å². The van der Waals surface area contributed by atoms with Crippen LogP contribution in [-0.2, 0) is 19.9 Å². The van der Waals surface area contributed by atoms with Gasteiger partial charge in [-0.1, -0.05) is 19.1 Å². The quantitative estimate of drug-likeness (QED) is 0.554. The van der Waals surface area contributed by atoms with Crippen molar-refractivity contribution in [3.63, 3.8) is 0 Å². The minimum absolute atomic E-state index is 0.0652. The Hall–Kier alpha value is -1.52. The predicted molar refractivity (Wildman–Crippen MR) is 84.3 cm³/mol. The lowest BCUT2D eigenvalue weighted by molar-refractivity contribution is -0.387. The van der Waals surface area contributed by atoms with Gasteiger partial charge in [-0.15, -0.1) is 0 Å². The maximum atomic E-state index is 12.9. The van der Waals surface area contributed by atoms with Gasteiger partial charge in [0.1, 0.15) is 0 Å². The van der Waals surface area contributed by atoms with E-state index in [-0.39, 0.29) is 24.5 Å². The van der Waals surface area contributed by atoms with Crippen molar-refractivity contribution in [3.05, 3.63) is 34.4 Å². The first-order valence-corrected chi connectivity index (χ1v) is 10.4. The minimum Gasteiger partial charge on any atom is -0.258 e. The van der Waals surface area contributed by atoms with Crippen molar-refractivity contribution < 1.29 is 21.8 Å². The van der Waals surface area contributed by atoms with Crippen molar-refractivity contribution in [2.24, 2.45) is 0 Å². The molecule has 2 rings (SSSR count). The Kier molecular flexibility index (Phi) is 5.07. The number of hydrogen-bond acceptors (Lipinski definition) is 6. The number of hydrogen-bond donors (Lipinski definition) is 0. The van der Waals surface area contributed by atoms with Gasteiger partial charge >= 0.3 is 0 Å². The Morgan fingerprint density at radius 2 is 2.00 bits per heavy atom. The molecule has 1 fully saturated rings. The lowest BCUT2D eigenvalue weighted by Crippen LogP contribution is -2.41. The van der Waals surface area contributed by atoms with Crippen molar-refractivity contribution in [2.75, 3.05) is 18.1 Å². The van der Waals surface area contributed by atoms with Crippen molar-refractivity contribution in [1.82, 2.24) is 4.31 Å². The molecule has 0 aliphatic carbocycles. The van der Waals surface area contributed by atoms with Gasteiger partial charge in [0.15, 0.2) is 14.7 Å². The summed E-state index contributed by atoms with van der Waals surface area (Å²) in [7, 11) is -7.41. The zero-order chi connectivity index (χ0) is 17.3. The second-order valence-corrected chi connectivity index (χ2v) is 9.49. The van der Waals surface area contributed by atoms with E-state index in [1.807, 2.05) is 0 Å². The van der Waals surface area contributed by atoms with Crippen LogP contribution in [-0.4, -0.2) is 50.2 Å². The van der Waals surface area contributed by atoms with E-state index in [0.717, 1.165) is 10.4 Å². The molecule has 1 aromatic rings. The van der Waals surface area contributed by atoms with Gasteiger partial charge in [0, 0.05) is 18.7 Å². The van der Waals surface area contributed by atoms with E-state index in [0.29, 0.717) is 6.42 Å². The van der Waals surface area contributed by atoms with Crippen molar-refractivity contribution in [3.8, 4) is 0 Å². The third-order valence-corrected chi connectivity index (χ3v) is 7.46. The maximum absolute atomic E-state index is 12.9. The largest absolute Gasteiger partial charge is 0.289 e. The molecule has 1 atom stereocenters. The molecule has 1 unspecified atom stereocenters. The highest BCUT2D eigenvalue weighted by atomic mass is 32.2. The minimum atomic E-state index is -4.15. The molecule has 10 heteroatoms. The molecule has 23 heavy (non-hydrogen) atoms. The van der Waals surface area contributed by atoms with Crippen LogP contribution in [0.4, 0.5) is 5.69 Å². The van der Waals surface area contributed by atoms with E-state index in [1.54, 1.807) is 6.92 Å². The fraction of sp³-hybridized carbons (Fsp3) is 0.538. The summed E-state index contributed by atoms with van der Waals surface area (Å²) in [6, 6.07) is 4.43. The second-order valence-electron chi connectivity index (χ2n) is 5.40. The van der Waals surface area contributed by atoms with Crippen LogP contribution in [0.5, 0.6) is 0 Å². The fourth-order valence-electron chi connectivity index (χ4n) is 2.67. The summed E-state index contributed by atoms with van der Waals surface area (Å²) in [6.45, 7) is 1.89. The number of nitro benzene ring substituents is 1. The van der Waals surface area contributed by atoms with Crippen LogP contribution in [0.15, 0.2) is 29.2 Å². The van der Waals surface area contributed by atoms with Gasteiger partial charge in [-0.3, -0.25) is 10.1 Å². The monoisotopic (exact) mass is 362 g/mol. The highest BCUT2D eigenvalue weighted by Gasteiger charge is 2.40. The van der Waals surface area contributed by atoms with Gasteiger partial charge in [0.2, 0.25) is 10.0 Å². The van der Waals surface area contributed by atoms with Crippen LogP contribution < -0.4 is 0 Å². The van der Waals surface area contributed by atoms with Gasteiger partial charge in [-0.25, -0.2) is 16.8 Å². The Morgan fingerprint density at radius 3 is 2.52 bits per heavy atom. The zero-order valence-electron chi connectivity index (χ0n) is 12.6. The molecule has 1 aliphatic heterocycles. The van der Waals surface area contributed by atoms with E-state index in [2.05, 4.69) is 0 Å². The summed E-state index contributed by atoms with van der Waals surface area (Å²) < 4.78 is 50.2. The normalized spacial score (nSPS) is 20.7. The molecule has 0 spiro atoms. The van der Waals surface area contributed by atoms with Gasteiger partial charge < -0.3 is 0 Å². The molecular weight excluding hydrogens is 344 g/mol. The highest BCUT2D eigenvalue weighted by Crippen LogP contribution is 2.30. The topological polar surface area (TPSA) is 115 Å². The first-order valence-electron chi connectivity index (χ1n) is 7.14. The fourth-order valence-corrected chi connectivity index (χ4v) is 6.40. The number of nitro groups is 1. The first kappa shape index (κ1) is 17.8. The SMILES string of the molecule is CCCN(C1CCS(=O)(=O)C1)S(=O)(=O)c1ccccc1[N+](=O)[O-]. The number of benzene rings is 1. The van der Waals surface area contributed by atoms with Gasteiger partial charge in [0.05, 0.1) is 16.4 Å². The summed E-state index contributed by atoms with van der Waals surface area (Å²) in [4.78, 5) is 9.95. The van der Waals surface area contributed by atoms with Crippen LogP contribution in [0.2, 0.25) is 0 Å². The van der Waals surface area contributed by atoms with Crippen LogP contribution in [0.3, 0.4) is 0 Å². The number of sulfone groups is 1. The van der Waals surface area contributed by atoms with Crippen molar-refractivity contribution in [1.29, 1.82) is 0 Å². The summed E-state index contributed by atoms with van der Waals surface area (Å²) >= 11 is 0. The molecule has 1 saturated heterocycles. The molecule has 0 N–H and O–H groups in total. The molecule has 8 nitrogen and oxygen atoms in total. The Bertz CT molecular complexity index is 804. The summed E-state index contributed by atoms with van der Waals surface area (Å²) in [6.07, 6.45) is 0.693. The Labute approximate surface area is 135 Å². The summed E-state index contributed by atoms with van der Waals surface area (Å²) in [5.74, 6) is -0.308. The number of sulfonamides is 1. The molecule has 1 heterocycles.